The zero-order valence-electron chi connectivity index (χ0n) is 7.72. The third-order valence-corrected chi connectivity index (χ3v) is 3.75. The molecular formula is C8H9O4PS. The van der Waals surface area contributed by atoms with Crippen molar-refractivity contribution in [1.29, 1.82) is 0 Å². The highest BCUT2D eigenvalue weighted by Crippen LogP contribution is 2.14. The molecule has 0 aliphatic carbocycles. The zero-order chi connectivity index (χ0) is 10.8. The fourth-order valence-corrected chi connectivity index (χ4v) is 2.60. The molecule has 0 fully saturated rings. The van der Waals surface area contributed by atoms with Crippen LogP contribution in [0.4, 0.5) is 0 Å². The van der Waals surface area contributed by atoms with E-state index in [-0.39, 0.29) is 18.7 Å². The van der Waals surface area contributed by atoms with Crippen LogP contribution in [-0.4, -0.2) is 15.5 Å². The van der Waals surface area contributed by atoms with Gasteiger partial charge in [-0.2, -0.15) is 8.42 Å². The van der Waals surface area contributed by atoms with Crippen molar-refractivity contribution in [2.45, 2.75) is 11.8 Å². The van der Waals surface area contributed by atoms with Crippen LogP contribution in [0.25, 0.3) is 0 Å². The molecule has 0 bridgehead atoms. The molecule has 1 rings (SSSR count). The third-order valence-electron chi connectivity index (χ3n) is 1.70. The van der Waals surface area contributed by atoms with Crippen molar-refractivity contribution in [1.82, 2.24) is 0 Å². The number of hydrogen-bond donors (Lipinski definition) is 0. The molecule has 0 aromatic heterocycles. The summed E-state index contributed by atoms with van der Waals surface area (Å²) in [6.07, 6.45) is 0. The van der Waals surface area contributed by atoms with Gasteiger partial charge in [0.2, 0.25) is 0 Å². The third kappa shape index (κ3) is 2.18. The first-order chi connectivity index (χ1) is 6.51. The lowest BCUT2D eigenvalue weighted by Crippen LogP contribution is -2.12. The van der Waals surface area contributed by atoms with E-state index in [1.807, 2.05) is 0 Å². The summed E-state index contributed by atoms with van der Waals surface area (Å²) in [6.45, 7) is 1.79. The lowest BCUT2D eigenvalue weighted by molar-refractivity contribution is 0.398. The number of benzene rings is 1. The standard InChI is InChI=1S/C8H9O4PS/c1-6-3-4-8(7(5-6)13-9)14(10,11)12-2/h3-5H,1-2H3. The lowest BCUT2D eigenvalue weighted by Gasteiger charge is -2.03. The fraction of sp³-hybridized carbons (Fsp3) is 0.250. The second-order valence-corrected chi connectivity index (χ2v) is 5.03. The first-order valence-electron chi connectivity index (χ1n) is 3.76. The molecule has 0 unspecified atom stereocenters. The molecule has 6 heteroatoms. The van der Waals surface area contributed by atoms with Crippen LogP contribution in [0.2, 0.25) is 0 Å². The summed E-state index contributed by atoms with van der Waals surface area (Å²) in [4.78, 5) is -0.0535. The van der Waals surface area contributed by atoms with Crippen LogP contribution in [0, 0.1) is 6.92 Å². The quantitative estimate of drug-likeness (QED) is 0.581. The van der Waals surface area contributed by atoms with E-state index in [0.717, 1.165) is 12.7 Å². The Bertz CT molecular complexity index is 452. The summed E-state index contributed by atoms with van der Waals surface area (Å²) in [7, 11) is -3.03. The van der Waals surface area contributed by atoms with Crippen molar-refractivity contribution in [3.8, 4) is 0 Å². The maximum atomic E-state index is 11.3. The van der Waals surface area contributed by atoms with Crippen molar-refractivity contribution in [2.75, 3.05) is 7.11 Å². The number of rotatable bonds is 3. The van der Waals surface area contributed by atoms with Gasteiger partial charge >= 0.3 is 0 Å². The van der Waals surface area contributed by atoms with E-state index >= 15 is 0 Å². The minimum atomic E-state index is -3.76. The maximum absolute atomic E-state index is 11.3. The Hall–Kier alpha value is -0.770. The summed E-state index contributed by atoms with van der Waals surface area (Å²) < 4.78 is 37.7. The molecule has 0 N–H and O–H groups in total. The maximum Gasteiger partial charge on any atom is 0.297 e. The van der Waals surface area contributed by atoms with Crippen LogP contribution in [0.5, 0.6) is 0 Å². The van der Waals surface area contributed by atoms with Crippen LogP contribution >= 0.6 is 8.46 Å². The molecular weight excluding hydrogens is 223 g/mol. The first kappa shape index (κ1) is 11.3. The van der Waals surface area contributed by atoms with E-state index in [1.54, 1.807) is 19.1 Å². The Balaban J connectivity index is 3.43. The molecule has 0 aliphatic rings. The van der Waals surface area contributed by atoms with E-state index in [1.165, 1.54) is 6.07 Å². The molecule has 1 aromatic carbocycles. The van der Waals surface area contributed by atoms with Gasteiger partial charge in [-0.25, -0.2) is 0 Å². The summed E-state index contributed by atoms with van der Waals surface area (Å²) in [5.41, 5.74) is 0.846. The highest BCUT2D eigenvalue weighted by molar-refractivity contribution is 7.87. The van der Waals surface area contributed by atoms with E-state index < -0.39 is 10.1 Å². The van der Waals surface area contributed by atoms with Crippen LogP contribution in [0.3, 0.4) is 0 Å². The molecule has 0 saturated carbocycles. The average molecular weight is 232 g/mol. The SMILES string of the molecule is COS(=O)(=O)c1ccc(C)cc1P=O. The minimum Gasteiger partial charge on any atom is -0.270 e. The Labute approximate surface area is 84.2 Å². The molecule has 0 amide bonds. The summed E-state index contributed by atoms with van der Waals surface area (Å²) in [5, 5.41) is 0.215. The van der Waals surface area contributed by atoms with Gasteiger partial charge in [-0.3, -0.25) is 8.75 Å². The van der Waals surface area contributed by atoms with Crippen molar-refractivity contribution in [3.05, 3.63) is 23.8 Å². The summed E-state index contributed by atoms with van der Waals surface area (Å²) >= 11 is 0. The van der Waals surface area contributed by atoms with Gasteiger partial charge in [0.05, 0.1) is 12.4 Å². The van der Waals surface area contributed by atoms with Crippen LogP contribution in [0.15, 0.2) is 23.1 Å². The Kier molecular flexibility index (Phi) is 3.37. The van der Waals surface area contributed by atoms with Crippen molar-refractivity contribution in [2.24, 2.45) is 0 Å². The number of hydrogen-bond acceptors (Lipinski definition) is 4. The largest absolute Gasteiger partial charge is 0.297 e. The van der Waals surface area contributed by atoms with Gasteiger partial charge < -0.3 is 0 Å². The summed E-state index contributed by atoms with van der Waals surface area (Å²) in [6, 6.07) is 4.55. The van der Waals surface area contributed by atoms with Gasteiger partial charge in [0.15, 0.2) is 8.46 Å². The Morgan fingerprint density at radius 1 is 1.36 bits per heavy atom. The lowest BCUT2D eigenvalue weighted by atomic mass is 10.2. The second kappa shape index (κ2) is 4.17. The minimum absolute atomic E-state index is 0.0535. The first-order valence-corrected chi connectivity index (χ1v) is 5.98. The summed E-state index contributed by atoms with van der Waals surface area (Å²) in [5.74, 6) is 0. The zero-order valence-corrected chi connectivity index (χ0v) is 9.43. The average Bonchev–Trinajstić information content (AvgIpc) is 2.17. The van der Waals surface area contributed by atoms with E-state index in [9.17, 15) is 13.0 Å². The van der Waals surface area contributed by atoms with E-state index in [4.69, 9.17) is 0 Å². The van der Waals surface area contributed by atoms with Crippen molar-refractivity contribution < 1.29 is 17.2 Å². The normalized spacial score (nSPS) is 11.9. The van der Waals surface area contributed by atoms with Crippen LogP contribution < -0.4 is 5.30 Å². The highest BCUT2D eigenvalue weighted by atomic mass is 32.2. The molecule has 0 aliphatic heterocycles. The van der Waals surface area contributed by atoms with Gasteiger partial charge in [-0.05, 0) is 24.6 Å². The van der Waals surface area contributed by atoms with E-state index in [2.05, 4.69) is 4.18 Å². The Morgan fingerprint density at radius 2 is 2.00 bits per heavy atom. The van der Waals surface area contributed by atoms with Gasteiger partial charge in [0.1, 0.15) is 4.90 Å². The molecule has 1 aromatic rings. The van der Waals surface area contributed by atoms with Crippen molar-refractivity contribution >= 4 is 23.9 Å². The van der Waals surface area contributed by atoms with Gasteiger partial charge in [-0.15, -0.1) is 0 Å². The molecule has 0 radical (unpaired) electrons. The smallest absolute Gasteiger partial charge is 0.270 e. The predicted octanol–water partition coefficient (Wildman–Crippen LogP) is 1.25. The molecule has 76 valence electrons. The molecule has 0 spiro atoms. The molecule has 0 saturated heterocycles. The van der Waals surface area contributed by atoms with Crippen LogP contribution in [-0.2, 0) is 18.9 Å². The topological polar surface area (TPSA) is 60.4 Å². The van der Waals surface area contributed by atoms with Gasteiger partial charge in [-0.1, -0.05) is 6.07 Å². The van der Waals surface area contributed by atoms with Gasteiger partial charge in [0, 0.05) is 0 Å². The van der Waals surface area contributed by atoms with Crippen LogP contribution in [0.1, 0.15) is 5.56 Å². The molecule has 14 heavy (non-hydrogen) atoms. The molecule has 4 nitrogen and oxygen atoms in total. The monoisotopic (exact) mass is 232 g/mol. The molecule has 0 atom stereocenters. The van der Waals surface area contributed by atoms with Crippen molar-refractivity contribution in [3.63, 3.8) is 0 Å². The molecule has 0 heterocycles. The second-order valence-electron chi connectivity index (χ2n) is 2.68. The fourth-order valence-electron chi connectivity index (χ4n) is 1.000. The highest BCUT2D eigenvalue weighted by Gasteiger charge is 2.17. The number of aryl methyl sites for hydroxylation is 1. The Morgan fingerprint density at radius 3 is 2.50 bits per heavy atom. The van der Waals surface area contributed by atoms with Gasteiger partial charge in [0.25, 0.3) is 10.1 Å². The predicted molar refractivity (Wildman–Crippen MR) is 52.6 cm³/mol. The van der Waals surface area contributed by atoms with E-state index in [0.29, 0.717) is 0 Å².